The molecule has 0 saturated carbocycles. The van der Waals surface area contributed by atoms with Gasteiger partial charge in [-0.1, -0.05) is 127 Å². The van der Waals surface area contributed by atoms with Gasteiger partial charge in [0.15, 0.2) is 0 Å². The molecule has 0 saturated heterocycles. The lowest BCUT2D eigenvalue weighted by molar-refractivity contribution is 1.45. The highest BCUT2D eigenvalue weighted by Gasteiger charge is 2.22. The molecule has 1 heterocycles. The van der Waals surface area contributed by atoms with Gasteiger partial charge >= 0.3 is 0 Å². The number of hydrogen-bond acceptors (Lipinski definition) is 1. The standard InChI is InChI=1S/C45H25N/c1-2-8-29-24-39-31(23-28(29)7-1)16-15-26-10-5-12-34(42(26)39)35-13-6-14-41-44(35)38-22-21-36-37(45(38)46-41)20-18-27-17-19-33-32-11-4-3-9-30(32)25-40(33)43(27)36/h1-25H. The zero-order valence-corrected chi connectivity index (χ0v) is 24.9. The number of benzene rings is 9. The number of hydrogen-bond donors (Lipinski definition) is 0. The van der Waals surface area contributed by atoms with Gasteiger partial charge < -0.3 is 0 Å². The third-order valence-electron chi connectivity index (χ3n) is 10.3. The van der Waals surface area contributed by atoms with Gasteiger partial charge in [-0.05, 0) is 105 Å². The van der Waals surface area contributed by atoms with Gasteiger partial charge in [-0.15, -0.1) is 0 Å². The van der Waals surface area contributed by atoms with Crippen LogP contribution in [-0.4, -0.2) is 0 Å². The van der Waals surface area contributed by atoms with Crippen molar-refractivity contribution in [3.05, 3.63) is 172 Å². The molecular weight excluding hydrogens is 555 g/mol. The highest BCUT2D eigenvalue weighted by atomic mass is 14.8. The molecule has 0 spiro atoms. The Morgan fingerprint density at radius 1 is 0.391 bits per heavy atom. The van der Waals surface area contributed by atoms with Crippen LogP contribution < -0.4 is 10.6 Å². The summed E-state index contributed by atoms with van der Waals surface area (Å²) in [5.74, 6) is 0. The van der Waals surface area contributed by atoms with Gasteiger partial charge in [0.1, 0.15) is 0 Å². The van der Waals surface area contributed by atoms with Gasteiger partial charge in [-0.3, -0.25) is 0 Å². The summed E-state index contributed by atoms with van der Waals surface area (Å²) in [6.07, 6.45) is 2.36. The lowest BCUT2D eigenvalue weighted by Gasteiger charge is -2.15. The predicted octanol–water partition coefficient (Wildman–Crippen LogP) is 10.5. The first-order valence-electron chi connectivity index (χ1n) is 16.0. The van der Waals surface area contributed by atoms with Crippen LogP contribution in [0.4, 0.5) is 5.69 Å². The van der Waals surface area contributed by atoms with Crippen LogP contribution in [0.25, 0.3) is 82.2 Å². The van der Waals surface area contributed by atoms with Crippen LogP contribution in [0.5, 0.6) is 0 Å². The number of nitrogens with zero attached hydrogens (tertiary/aromatic N) is 1. The molecule has 0 unspecified atom stereocenters. The molecule has 2 aliphatic rings. The average molecular weight is 580 g/mol. The van der Waals surface area contributed by atoms with Crippen molar-refractivity contribution < 1.29 is 0 Å². The van der Waals surface area contributed by atoms with E-state index in [-0.39, 0.29) is 0 Å². The number of rotatable bonds is 1. The Hall–Kier alpha value is -6.05. The fourth-order valence-electron chi connectivity index (χ4n) is 8.26. The normalized spacial score (nSPS) is 12.7. The zero-order valence-electron chi connectivity index (χ0n) is 24.9. The van der Waals surface area contributed by atoms with Crippen LogP contribution in [0.2, 0.25) is 0 Å². The zero-order chi connectivity index (χ0) is 29.9. The van der Waals surface area contributed by atoms with Gasteiger partial charge in [0.2, 0.25) is 0 Å². The summed E-state index contributed by atoms with van der Waals surface area (Å²) >= 11 is 0. The fraction of sp³-hybridized carbons (Fsp3) is 0. The van der Waals surface area contributed by atoms with E-state index in [1.165, 1.54) is 97.3 Å². The molecule has 9 aromatic carbocycles. The van der Waals surface area contributed by atoms with Crippen molar-refractivity contribution in [2.45, 2.75) is 0 Å². The molecular formula is C45H25N. The van der Waals surface area contributed by atoms with Crippen LogP contribution in [-0.2, 0) is 0 Å². The topological polar surface area (TPSA) is 12.4 Å². The van der Waals surface area contributed by atoms with Crippen molar-refractivity contribution >= 4 is 65.6 Å². The van der Waals surface area contributed by atoms with Crippen molar-refractivity contribution in [3.8, 4) is 22.3 Å². The van der Waals surface area contributed by atoms with Crippen molar-refractivity contribution in [1.82, 2.24) is 0 Å². The predicted molar refractivity (Wildman–Crippen MR) is 193 cm³/mol. The third-order valence-corrected chi connectivity index (χ3v) is 10.3. The highest BCUT2D eigenvalue weighted by Crippen LogP contribution is 2.45. The summed E-state index contributed by atoms with van der Waals surface area (Å²) in [5, 5.41) is 17.7. The number of fused-ring (bicyclic) bond motifs is 14. The summed E-state index contributed by atoms with van der Waals surface area (Å²) in [6, 6.07) is 53.7. The van der Waals surface area contributed by atoms with E-state index in [1.54, 1.807) is 0 Å². The van der Waals surface area contributed by atoms with E-state index in [0.717, 1.165) is 11.0 Å². The minimum absolute atomic E-state index is 1.04. The summed E-state index contributed by atoms with van der Waals surface area (Å²) < 4.78 is 0. The Labute approximate surface area is 264 Å². The van der Waals surface area contributed by atoms with Crippen LogP contribution >= 0.6 is 0 Å². The molecule has 1 aliphatic carbocycles. The largest absolute Gasteiger partial charge is 0.247 e. The molecule has 0 bridgehead atoms. The molecule has 210 valence electrons. The Bertz CT molecular complexity index is 3080. The second-order valence-corrected chi connectivity index (χ2v) is 12.7. The monoisotopic (exact) mass is 579 g/mol. The molecule has 46 heavy (non-hydrogen) atoms. The van der Waals surface area contributed by atoms with Crippen molar-refractivity contribution in [2.75, 3.05) is 0 Å². The summed E-state index contributed by atoms with van der Waals surface area (Å²) in [5.41, 5.74) is 7.27. The molecule has 11 rings (SSSR count). The smallest absolute Gasteiger partial charge is 0.0795 e. The van der Waals surface area contributed by atoms with Crippen LogP contribution in [0.1, 0.15) is 5.56 Å². The minimum Gasteiger partial charge on any atom is -0.247 e. The molecule has 1 heteroatoms. The molecule has 0 radical (unpaired) electrons. The Morgan fingerprint density at radius 2 is 1.11 bits per heavy atom. The lowest BCUT2D eigenvalue weighted by Crippen LogP contribution is -2.03. The van der Waals surface area contributed by atoms with Crippen molar-refractivity contribution in [1.29, 1.82) is 0 Å². The van der Waals surface area contributed by atoms with E-state index in [4.69, 9.17) is 4.99 Å². The second-order valence-electron chi connectivity index (χ2n) is 12.7. The van der Waals surface area contributed by atoms with Crippen LogP contribution in [0, 0.1) is 10.4 Å². The van der Waals surface area contributed by atoms with E-state index in [2.05, 4.69) is 152 Å². The Kier molecular flexibility index (Phi) is 4.63. The lowest BCUT2D eigenvalue weighted by atomic mass is 9.88. The van der Waals surface area contributed by atoms with E-state index in [0.29, 0.717) is 0 Å². The molecule has 1 aliphatic heterocycles. The van der Waals surface area contributed by atoms with Crippen molar-refractivity contribution in [3.63, 3.8) is 0 Å². The van der Waals surface area contributed by atoms with Gasteiger partial charge in [0, 0.05) is 16.5 Å². The van der Waals surface area contributed by atoms with E-state index in [1.807, 2.05) is 0 Å². The van der Waals surface area contributed by atoms with Gasteiger partial charge in [-0.2, -0.15) is 0 Å². The average Bonchev–Trinajstić information content (AvgIpc) is 3.69. The maximum absolute atomic E-state index is 5.34. The van der Waals surface area contributed by atoms with Crippen LogP contribution in [0.3, 0.4) is 0 Å². The van der Waals surface area contributed by atoms with E-state index < -0.39 is 0 Å². The maximum atomic E-state index is 5.34. The molecule has 0 N–H and O–H groups in total. The molecule has 0 fully saturated rings. The molecule has 0 amide bonds. The van der Waals surface area contributed by atoms with E-state index >= 15 is 0 Å². The first-order chi connectivity index (χ1) is 22.8. The summed E-state index contributed by atoms with van der Waals surface area (Å²) in [7, 11) is 0. The van der Waals surface area contributed by atoms with Crippen molar-refractivity contribution in [2.24, 2.45) is 4.99 Å². The molecule has 1 nitrogen and oxygen atoms in total. The summed E-state index contributed by atoms with van der Waals surface area (Å²) in [4.78, 5) is 5.34. The molecule has 0 aromatic heterocycles. The van der Waals surface area contributed by atoms with Gasteiger partial charge in [-0.25, -0.2) is 4.99 Å². The van der Waals surface area contributed by atoms with Gasteiger partial charge in [0.05, 0.1) is 11.0 Å². The molecule has 9 aromatic rings. The summed E-state index contributed by atoms with van der Waals surface area (Å²) in [6.45, 7) is 0. The van der Waals surface area contributed by atoms with Crippen LogP contribution in [0.15, 0.2) is 151 Å². The maximum Gasteiger partial charge on any atom is 0.0795 e. The van der Waals surface area contributed by atoms with Gasteiger partial charge in [0.25, 0.3) is 0 Å². The molecule has 0 atom stereocenters. The first kappa shape index (κ1) is 24.3. The minimum atomic E-state index is 1.04. The third kappa shape index (κ3) is 3.16. The second kappa shape index (κ2) is 8.78. The SMILES string of the molecule is C1=c2ccccc2=c2ccc3ccc4c5c(ccc4c3c21)-c1c(cccc1-c1cccc2ccc3cc4ccccc4cc3c12)N=5. The Balaban J connectivity index is 1.19. The first-order valence-corrected chi connectivity index (χ1v) is 16.0. The highest BCUT2D eigenvalue weighted by molar-refractivity contribution is 6.19. The van der Waals surface area contributed by atoms with E-state index in [9.17, 15) is 0 Å². The fourth-order valence-corrected chi connectivity index (χ4v) is 8.26. The quantitative estimate of drug-likeness (QED) is 0.136. The Morgan fingerprint density at radius 3 is 2.07 bits per heavy atom.